The SMILES string of the molecule is C#CCNC(=O)C1C(C#N)C12SC(CCNc1cccc(OCC(=O)OC)c1)C(=O)N2CC. The maximum absolute atomic E-state index is 13.0. The van der Waals surface area contributed by atoms with Crippen LogP contribution in [0.3, 0.4) is 0 Å². The predicted octanol–water partition coefficient (Wildman–Crippen LogP) is 1.22. The van der Waals surface area contributed by atoms with Gasteiger partial charge < -0.3 is 25.0 Å². The summed E-state index contributed by atoms with van der Waals surface area (Å²) < 4.78 is 9.95. The number of esters is 1. The fourth-order valence-corrected chi connectivity index (χ4v) is 6.03. The van der Waals surface area contributed by atoms with Crippen LogP contribution in [0.4, 0.5) is 5.69 Å². The molecule has 4 unspecified atom stereocenters. The van der Waals surface area contributed by atoms with Gasteiger partial charge >= 0.3 is 5.97 Å². The van der Waals surface area contributed by atoms with Crippen LogP contribution in [0.2, 0.25) is 0 Å². The van der Waals surface area contributed by atoms with Gasteiger partial charge in [0.1, 0.15) is 10.6 Å². The first-order valence-corrected chi connectivity index (χ1v) is 11.4. The van der Waals surface area contributed by atoms with Crippen molar-refractivity contribution >= 4 is 35.2 Å². The fourth-order valence-electron chi connectivity index (χ4n) is 4.11. The Morgan fingerprint density at radius 1 is 1.39 bits per heavy atom. The number of rotatable bonds is 10. The van der Waals surface area contributed by atoms with E-state index in [1.807, 2.05) is 13.0 Å². The van der Waals surface area contributed by atoms with Crippen LogP contribution < -0.4 is 15.4 Å². The highest BCUT2D eigenvalue weighted by Crippen LogP contribution is 2.66. The molecule has 2 fully saturated rings. The van der Waals surface area contributed by atoms with Gasteiger partial charge in [-0.05, 0) is 25.5 Å². The number of anilines is 1. The van der Waals surface area contributed by atoms with E-state index in [2.05, 4.69) is 27.4 Å². The molecule has 1 aliphatic carbocycles. The van der Waals surface area contributed by atoms with Crippen LogP contribution in [0.15, 0.2) is 24.3 Å². The van der Waals surface area contributed by atoms with Crippen molar-refractivity contribution in [2.45, 2.75) is 23.5 Å². The topological polar surface area (TPSA) is 121 Å². The first kappa shape index (κ1) is 24.3. The predicted molar refractivity (Wildman–Crippen MR) is 123 cm³/mol. The van der Waals surface area contributed by atoms with Gasteiger partial charge in [0.2, 0.25) is 11.8 Å². The highest BCUT2D eigenvalue weighted by Gasteiger charge is 2.77. The van der Waals surface area contributed by atoms with E-state index in [1.54, 1.807) is 23.1 Å². The highest BCUT2D eigenvalue weighted by molar-refractivity contribution is 8.02. The standard InChI is InChI=1S/C23H26N4O5S/c1-4-10-26-21(29)20-17(13-24)23(20)27(5-2)22(30)18(33-23)9-11-25-15-7-6-8-16(12-15)32-14-19(28)31-3/h1,6-8,12,17-18,20,25H,5,9-11,14H2,2-3H3,(H,26,29). The smallest absolute Gasteiger partial charge is 0.343 e. The lowest BCUT2D eigenvalue weighted by Gasteiger charge is -2.22. The summed E-state index contributed by atoms with van der Waals surface area (Å²) in [6.45, 7) is 2.68. The second kappa shape index (κ2) is 10.5. The molecule has 2 amide bonds. The largest absolute Gasteiger partial charge is 0.482 e. The third-order valence-electron chi connectivity index (χ3n) is 5.67. The molecule has 2 aliphatic rings. The molecule has 9 nitrogen and oxygen atoms in total. The highest BCUT2D eigenvalue weighted by atomic mass is 32.2. The van der Waals surface area contributed by atoms with Gasteiger partial charge in [0.05, 0.1) is 36.8 Å². The van der Waals surface area contributed by atoms with Gasteiger partial charge in [0.15, 0.2) is 6.61 Å². The van der Waals surface area contributed by atoms with Crippen molar-refractivity contribution in [1.82, 2.24) is 10.2 Å². The average Bonchev–Trinajstić information content (AvgIpc) is 3.38. The number of hydrogen-bond acceptors (Lipinski definition) is 8. The fraction of sp³-hybridized carbons (Fsp3) is 0.478. The van der Waals surface area contributed by atoms with Crippen molar-refractivity contribution in [3.8, 4) is 24.2 Å². The van der Waals surface area contributed by atoms with Crippen molar-refractivity contribution in [2.75, 3.05) is 38.7 Å². The van der Waals surface area contributed by atoms with E-state index in [0.29, 0.717) is 25.3 Å². The van der Waals surface area contributed by atoms with E-state index in [1.165, 1.54) is 18.9 Å². The molecule has 1 aliphatic heterocycles. The minimum Gasteiger partial charge on any atom is -0.482 e. The molecule has 0 bridgehead atoms. The first-order chi connectivity index (χ1) is 15.9. The van der Waals surface area contributed by atoms with Crippen LogP contribution in [0, 0.1) is 35.5 Å². The van der Waals surface area contributed by atoms with Crippen molar-refractivity contribution in [2.24, 2.45) is 11.8 Å². The van der Waals surface area contributed by atoms with E-state index in [9.17, 15) is 19.6 Å². The van der Waals surface area contributed by atoms with Crippen molar-refractivity contribution in [3.05, 3.63) is 24.3 Å². The minimum atomic E-state index is -0.828. The maximum atomic E-state index is 13.0. The Bertz CT molecular complexity index is 1000. The molecule has 1 aromatic rings. The van der Waals surface area contributed by atoms with Gasteiger partial charge in [-0.25, -0.2) is 4.79 Å². The zero-order valence-electron chi connectivity index (χ0n) is 18.5. The van der Waals surface area contributed by atoms with Gasteiger partial charge in [-0.3, -0.25) is 9.59 Å². The molecule has 0 radical (unpaired) electrons. The minimum absolute atomic E-state index is 0.0630. The maximum Gasteiger partial charge on any atom is 0.343 e. The van der Waals surface area contributed by atoms with Gasteiger partial charge in [0.25, 0.3) is 0 Å². The Morgan fingerprint density at radius 2 is 2.18 bits per heavy atom. The zero-order chi connectivity index (χ0) is 24.0. The second-order valence-electron chi connectivity index (χ2n) is 7.56. The molecule has 1 saturated heterocycles. The average molecular weight is 471 g/mol. The summed E-state index contributed by atoms with van der Waals surface area (Å²) in [7, 11) is 1.29. The number of benzene rings is 1. The number of hydrogen-bond donors (Lipinski definition) is 2. The number of carbonyl (C=O) groups is 3. The Labute approximate surface area is 197 Å². The molecule has 3 rings (SSSR count). The van der Waals surface area contributed by atoms with Crippen LogP contribution >= 0.6 is 11.8 Å². The Hall–Kier alpha value is -3.37. The molecular weight excluding hydrogens is 444 g/mol. The number of methoxy groups -OCH3 is 1. The van der Waals surface area contributed by atoms with E-state index >= 15 is 0 Å². The van der Waals surface area contributed by atoms with E-state index in [4.69, 9.17) is 11.2 Å². The summed E-state index contributed by atoms with van der Waals surface area (Å²) in [4.78, 5) is 37.7. The molecule has 33 heavy (non-hydrogen) atoms. The number of thioether (sulfide) groups is 1. The molecule has 1 saturated carbocycles. The van der Waals surface area contributed by atoms with Crippen molar-refractivity contribution in [3.63, 3.8) is 0 Å². The summed E-state index contributed by atoms with van der Waals surface area (Å²) in [5.41, 5.74) is 0.780. The molecule has 1 aromatic carbocycles. The monoisotopic (exact) mass is 470 g/mol. The lowest BCUT2D eigenvalue weighted by atomic mass is 10.2. The van der Waals surface area contributed by atoms with E-state index in [0.717, 1.165) is 5.69 Å². The molecule has 1 spiro atoms. The van der Waals surface area contributed by atoms with Gasteiger partial charge in [0, 0.05) is 24.8 Å². The summed E-state index contributed by atoms with van der Waals surface area (Å²) in [5.74, 6) is 0.894. The Morgan fingerprint density at radius 3 is 2.85 bits per heavy atom. The number of terminal acetylenes is 1. The first-order valence-electron chi connectivity index (χ1n) is 10.6. The molecule has 4 atom stereocenters. The second-order valence-corrected chi connectivity index (χ2v) is 9.01. The molecule has 10 heteroatoms. The van der Waals surface area contributed by atoms with Crippen molar-refractivity contribution < 1.29 is 23.9 Å². The van der Waals surface area contributed by atoms with Gasteiger partial charge in [-0.1, -0.05) is 12.0 Å². The summed E-state index contributed by atoms with van der Waals surface area (Å²) in [6, 6.07) is 9.34. The summed E-state index contributed by atoms with van der Waals surface area (Å²) in [6.07, 6.45) is 5.74. The third kappa shape index (κ3) is 4.86. The van der Waals surface area contributed by atoms with Crippen LogP contribution in [-0.2, 0) is 19.1 Å². The molecule has 2 N–H and O–H groups in total. The number of amides is 2. The van der Waals surface area contributed by atoms with Gasteiger partial charge in [-0.2, -0.15) is 5.26 Å². The lowest BCUT2D eigenvalue weighted by molar-refractivity contribution is -0.143. The lowest BCUT2D eigenvalue weighted by Crippen LogP contribution is -2.40. The number of nitrogens with zero attached hydrogens (tertiary/aromatic N) is 2. The van der Waals surface area contributed by atoms with E-state index < -0.39 is 22.7 Å². The molecular formula is C23H26N4O5S. The van der Waals surface area contributed by atoms with Crippen LogP contribution in [0.25, 0.3) is 0 Å². The van der Waals surface area contributed by atoms with E-state index in [-0.39, 0.29) is 30.2 Å². The number of nitriles is 1. The summed E-state index contributed by atoms with van der Waals surface area (Å²) >= 11 is 1.40. The molecule has 174 valence electrons. The Kier molecular flexibility index (Phi) is 7.72. The Balaban J connectivity index is 1.60. The van der Waals surface area contributed by atoms with Crippen LogP contribution in [-0.4, -0.2) is 66.2 Å². The third-order valence-corrected chi connectivity index (χ3v) is 7.49. The number of ether oxygens (including phenoxy) is 2. The number of carbonyl (C=O) groups excluding carboxylic acids is 3. The molecule has 1 heterocycles. The normalized spacial score (nSPS) is 25.2. The number of nitrogens with one attached hydrogen (secondary N) is 2. The zero-order valence-corrected chi connectivity index (χ0v) is 19.3. The quantitative estimate of drug-likeness (QED) is 0.387. The van der Waals surface area contributed by atoms with Crippen LogP contribution in [0.5, 0.6) is 5.75 Å². The van der Waals surface area contributed by atoms with Crippen LogP contribution in [0.1, 0.15) is 13.3 Å². The summed E-state index contributed by atoms with van der Waals surface area (Å²) in [5, 5.41) is 15.2. The van der Waals surface area contributed by atoms with Gasteiger partial charge in [-0.15, -0.1) is 18.2 Å². The van der Waals surface area contributed by atoms with Crippen molar-refractivity contribution in [1.29, 1.82) is 5.26 Å². The molecule has 0 aromatic heterocycles.